The van der Waals surface area contributed by atoms with Gasteiger partial charge in [0, 0.05) is 24.3 Å². The first-order chi connectivity index (χ1) is 8.71. The van der Waals surface area contributed by atoms with E-state index in [1.807, 2.05) is 19.0 Å². The smallest absolute Gasteiger partial charge is 0.389 e. The Morgan fingerprint density at radius 2 is 2.00 bits per heavy atom. The number of thiocarbonyl (C=S) groups is 1. The number of anilines is 1. The molecule has 0 aliphatic carbocycles. The summed E-state index contributed by atoms with van der Waals surface area (Å²) in [6, 6.07) is 3.87. The number of hydrogen-bond donors (Lipinski definition) is 2. The van der Waals surface area contributed by atoms with E-state index in [9.17, 15) is 13.2 Å². The molecule has 0 saturated carbocycles. The van der Waals surface area contributed by atoms with E-state index in [4.69, 9.17) is 5.73 Å². The zero-order chi connectivity index (χ0) is 14.6. The Kier molecular flexibility index (Phi) is 5.13. The molecule has 0 saturated heterocycles. The fraction of sp³-hybridized carbons (Fsp3) is 0.417. The summed E-state index contributed by atoms with van der Waals surface area (Å²) in [5.41, 5.74) is 4.74. The zero-order valence-electron chi connectivity index (χ0n) is 10.7. The van der Waals surface area contributed by atoms with Gasteiger partial charge in [-0.3, -0.25) is 0 Å². The van der Waals surface area contributed by atoms with Crippen molar-refractivity contribution in [1.82, 2.24) is 4.90 Å². The topological polar surface area (TPSA) is 41.3 Å². The third-order valence-electron chi connectivity index (χ3n) is 2.48. The molecule has 0 amide bonds. The summed E-state index contributed by atoms with van der Waals surface area (Å²) in [4.78, 5) is 1.67. The van der Waals surface area contributed by atoms with Crippen LogP contribution in [0.15, 0.2) is 18.2 Å². The van der Waals surface area contributed by atoms with Gasteiger partial charge in [-0.2, -0.15) is 13.2 Å². The molecule has 0 unspecified atom stereocenters. The maximum atomic E-state index is 12.9. The SMILES string of the molecule is CN(C)CCNc1ccc(C(N)=S)c(C(F)(F)F)c1. The van der Waals surface area contributed by atoms with Crippen LogP contribution in [0.25, 0.3) is 0 Å². The lowest BCUT2D eigenvalue weighted by Crippen LogP contribution is -2.22. The second-order valence-electron chi connectivity index (χ2n) is 4.35. The van der Waals surface area contributed by atoms with E-state index in [0.29, 0.717) is 12.2 Å². The molecule has 19 heavy (non-hydrogen) atoms. The van der Waals surface area contributed by atoms with E-state index in [1.165, 1.54) is 6.07 Å². The van der Waals surface area contributed by atoms with Crippen LogP contribution in [0.4, 0.5) is 18.9 Å². The number of likely N-dealkylation sites (N-methyl/N-ethyl adjacent to an activating group) is 1. The number of rotatable bonds is 5. The fourth-order valence-electron chi connectivity index (χ4n) is 1.53. The van der Waals surface area contributed by atoms with Gasteiger partial charge >= 0.3 is 6.18 Å². The Morgan fingerprint density at radius 3 is 2.47 bits per heavy atom. The van der Waals surface area contributed by atoms with E-state index in [2.05, 4.69) is 17.5 Å². The minimum atomic E-state index is -4.47. The molecule has 0 radical (unpaired) electrons. The lowest BCUT2D eigenvalue weighted by atomic mass is 10.1. The molecular formula is C12H16F3N3S. The Bertz CT molecular complexity index is 458. The summed E-state index contributed by atoms with van der Waals surface area (Å²) in [7, 11) is 3.78. The van der Waals surface area contributed by atoms with Crippen LogP contribution >= 0.6 is 12.2 Å². The highest BCUT2D eigenvalue weighted by atomic mass is 32.1. The van der Waals surface area contributed by atoms with E-state index in [1.54, 1.807) is 6.07 Å². The van der Waals surface area contributed by atoms with Crippen LogP contribution in [-0.4, -0.2) is 37.1 Å². The van der Waals surface area contributed by atoms with Crippen molar-refractivity contribution in [3.05, 3.63) is 29.3 Å². The Hall–Kier alpha value is -1.34. The van der Waals surface area contributed by atoms with Crippen molar-refractivity contribution in [2.45, 2.75) is 6.18 Å². The number of nitrogens with two attached hydrogens (primary N) is 1. The molecule has 106 valence electrons. The molecule has 0 atom stereocenters. The summed E-state index contributed by atoms with van der Waals surface area (Å²) in [5.74, 6) is 0. The quantitative estimate of drug-likeness (QED) is 0.817. The lowest BCUT2D eigenvalue weighted by Gasteiger charge is -2.15. The second kappa shape index (κ2) is 6.21. The van der Waals surface area contributed by atoms with Crippen molar-refractivity contribution in [2.24, 2.45) is 5.73 Å². The molecule has 0 spiro atoms. The average molecular weight is 291 g/mol. The van der Waals surface area contributed by atoms with Crippen LogP contribution < -0.4 is 11.1 Å². The van der Waals surface area contributed by atoms with E-state index in [-0.39, 0.29) is 10.6 Å². The molecule has 0 fully saturated rings. The zero-order valence-corrected chi connectivity index (χ0v) is 11.5. The molecule has 0 heterocycles. The Balaban J connectivity index is 2.96. The molecule has 7 heteroatoms. The van der Waals surface area contributed by atoms with Crippen molar-refractivity contribution in [3.8, 4) is 0 Å². The van der Waals surface area contributed by atoms with Gasteiger partial charge in [0.15, 0.2) is 0 Å². The van der Waals surface area contributed by atoms with E-state index in [0.717, 1.165) is 12.6 Å². The standard InChI is InChI=1S/C12H16F3N3S/c1-18(2)6-5-17-8-3-4-9(11(16)19)10(7-8)12(13,14)15/h3-4,7,17H,5-6H2,1-2H3,(H2,16,19). The third-order valence-corrected chi connectivity index (χ3v) is 2.70. The number of benzene rings is 1. The monoisotopic (exact) mass is 291 g/mol. The summed E-state index contributed by atoms with van der Waals surface area (Å²) in [6.45, 7) is 1.27. The van der Waals surface area contributed by atoms with E-state index >= 15 is 0 Å². The number of alkyl halides is 3. The fourth-order valence-corrected chi connectivity index (χ4v) is 1.71. The van der Waals surface area contributed by atoms with Gasteiger partial charge in [0.2, 0.25) is 0 Å². The van der Waals surface area contributed by atoms with Gasteiger partial charge < -0.3 is 16.0 Å². The first kappa shape index (κ1) is 15.7. The van der Waals surface area contributed by atoms with Gasteiger partial charge in [-0.05, 0) is 32.3 Å². The molecule has 0 aliphatic heterocycles. The van der Waals surface area contributed by atoms with Gasteiger partial charge in [-0.15, -0.1) is 0 Å². The predicted octanol–water partition coefficient (Wildman–Crippen LogP) is 2.31. The van der Waals surface area contributed by atoms with Crippen molar-refractivity contribution in [1.29, 1.82) is 0 Å². The average Bonchev–Trinajstić information content (AvgIpc) is 2.27. The second-order valence-corrected chi connectivity index (χ2v) is 4.79. The van der Waals surface area contributed by atoms with E-state index < -0.39 is 11.7 Å². The van der Waals surface area contributed by atoms with Gasteiger partial charge in [-0.25, -0.2) is 0 Å². The molecule has 3 nitrogen and oxygen atoms in total. The molecule has 1 aromatic rings. The van der Waals surface area contributed by atoms with Crippen molar-refractivity contribution in [3.63, 3.8) is 0 Å². The van der Waals surface area contributed by atoms with Crippen LogP contribution in [0.3, 0.4) is 0 Å². The van der Waals surface area contributed by atoms with Crippen LogP contribution in [0, 0.1) is 0 Å². The summed E-state index contributed by atoms with van der Waals surface area (Å²) < 4.78 is 38.7. The van der Waals surface area contributed by atoms with Crippen molar-refractivity contribution in [2.75, 3.05) is 32.5 Å². The maximum absolute atomic E-state index is 12.9. The van der Waals surface area contributed by atoms with Gasteiger partial charge in [0.05, 0.1) is 5.56 Å². The highest BCUT2D eigenvalue weighted by Crippen LogP contribution is 2.33. The first-order valence-corrected chi connectivity index (χ1v) is 6.02. The highest BCUT2D eigenvalue weighted by molar-refractivity contribution is 7.80. The Labute approximate surface area is 115 Å². The summed E-state index contributed by atoms with van der Waals surface area (Å²) in [5, 5.41) is 2.93. The van der Waals surface area contributed by atoms with Crippen molar-refractivity contribution < 1.29 is 13.2 Å². The largest absolute Gasteiger partial charge is 0.417 e. The molecule has 3 N–H and O–H groups in total. The number of halogens is 3. The highest BCUT2D eigenvalue weighted by Gasteiger charge is 2.34. The van der Waals surface area contributed by atoms with Gasteiger partial charge in [-0.1, -0.05) is 12.2 Å². The molecule has 0 aliphatic rings. The molecular weight excluding hydrogens is 275 g/mol. The normalized spacial score (nSPS) is 11.7. The summed E-state index contributed by atoms with van der Waals surface area (Å²) in [6.07, 6.45) is -4.47. The van der Waals surface area contributed by atoms with Crippen LogP contribution in [0.2, 0.25) is 0 Å². The van der Waals surface area contributed by atoms with Crippen molar-refractivity contribution >= 4 is 22.9 Å². The van der Waals surface area contributed by atoms with Crippen LogP contribution in [0.1, 0.15) is 11.1 Å². The molecule has 1 aromatic carbocycles. The minimum absolute atomic E-state index is 0.152. The summed E-state index contributed by atoms with van der Waals surface area (Å²) >= 11 is 4.63. The number of nitrogens with one attached hydrogen (secondary N) is 1. The molecule has 0 bridgehead atoms. The Morgan fingerprint density at radius 1 is 1.37 bits per heavy atom. The lowest BCUT2D eigenvalue weighted by molar-refractivity contribution is -0.137. The molecule has 0 aromatic heterocycles. The van der Waals surface area contributed by atoms with Crippen LogP contribution in [-0.2, 0) is 6.18 Å². The number of hydrogen-bond acceptors (Lipinski definition) is 3. The molecule has 1 rings (SSSR count). The van der Waals surface area contributed by atoms with Gasteiger partial charge in [0.1, 0.15) is 4.99 Å². The first-order valence-electron chi connectivity index (χ1n) is 5.61. The van der Waals surface area contributed by atoms with Gasteiger partial charge in [0.25, 0.3) is 0 Å². The number of nitrogens with zero attached hydrogens (tertiary/aromatic N) is 1. The third kappa shape index (κ3) is 4.68. The maximum Gasteiger partial charge on any atom is 0.417 e. The van der Waals surface area contributed by atoms with Crippen LogP contribution in [0.5, 0.6) is 0 Å². The predicted molar refractivity (Wildman–Crippen MR) is 74.4 cm³/mol. The minimum Gasteiger partial charge on any atom is -0.389 e.